The molecule has 0 saturated carbocycles. The summed E-state index contributed by atoms with van der Waals surface area (Å²) in [6.07, 6.45) is 1.98. The minimum atomic E-state index is -0.103. The number of thiophene rings is 1. The number of nitrogens with zero attached hydrogens (tertiary/aromatic N) is 2. The van der Waals surface area contributed by atoms with E-state index in [1.165, 1.54) is 0 Å². The molecule has 1 aromatic carbocycles. The fraction of sp³-hybridized carbons (Fsp3) is 0.211. The Morgan fingerprint density at radius 1 is 1.24 bits per heavy atom. The van der Waals surface area contributed by atoms with Gasteiger partial charge in [-0.15, -0.1) is 11.3 Å². The van der Waals surface area contributed by atoms with Crippen molar-refractivity contribution in [2.24, 2.45) is 7.05 Å². The van der Waals surface area contributed by atoms with Gasteiger partial charge in [0.2, 0.25) is 0 Å². The summed E-state index contributed by atoms with van der Waals surface area (Å²) in [5, 5.41) is 2.53. The van der Waals surface area contributed by atoms with Gasteiger partial charge in [-0.25, -0.2) is 0 Å². The number of amides is 1. The number of halogens is 1. The predicted molar refractivity (Wildman–Crippen MR) is 101 cm³/mol. The van der Waals surface area contributed by atoms with Crippen molar-refractivity contribution in [3.05, 3.63) is 75.2 Å². The summed E-state index contributed by atoms with van der Waals surface area (Å²) >= 11 is 7.74. The number of carbonyl (C=O) groups is 1. The van der Waals surface area contributed by atoms with Gasteiger partial charge in [0, 0.05) is 28.8 Å². The van der Waals surface area contributed by atoms with Crippen LogP contribution in [0.15, 0.2) is 54.0 Å². The van der Waals surface area contributed by atoms with Gasteiger partial charge in [-0.3, -0.25) is 4.79 Å². The molecule has 0 radical (unpaired) electrons. The first-order valence-electron chi connectivity index (χ1n) is 7.84. The highest BCUT2D eigenvalue weighted by Crippen LogP contribution is 2.26. The summed E-state index contributed by atoms with van der Waals surface area (Å²) < 4.78 is 7.37. The number of benzene rings is 1. The summed E-state index contributed by atoms with van der Waals surface area (Å²) in [5.74, 6) is 0.423. The number of aromatic nitrogens is 1. The lowest BCUT2D eigenvalue weighted by Gasteiger charge is -2.23. The van der Waals surface area contributed by atoms with Crippen LogP contribution in [0.4, 0.5) is 0 Å². The molecular weight excluding hydrogens is 356 g/mol. The fourth-order valence-corrected chi connectivity index (χ4v) is 3.56. The van der Waals surface area contributed by atoms with Crippen molar-refractivity contribution < 1.29 is 9.53 Å². The van der Waals surface area contributed by atoms with E-state index in [0.29, 0.717) is 29.4 Å². The van der Waals surface area contributed by atoms with Crippen molar-refractivity contribution >= 4 is 28.8 Å². The minimum Gasteiger partial charge on any atom is -0.496 e. The molecule has 0 aliphatic heterocycles. The molecule has 0 aliphatic rings. The molecule has 4 nitrogen and oxygen atoms in total. The molecule has 0 N–H and O–H groups in total. The third-order valence-electron chi connectivity index (χ3n) is 4.01. The predicted octanol–water partition coefficient (Wildman–Crippen LogP) is 4.59. The number of rotatable bonds is 6. The Labute approximate surface area is 156 Å². The summed E-state index contributed by atoms with van der Waals surface area (Å²) in [7, 11) is 3.53. The maximum absolute atomic E-state index is 13.2. The van der Waals surface area contributed by atoms with Gasteiger partial charge >= 0.3 is 0 Å². The van der Waals surface area contributed by atoms with E-state index >= 15 is 0 Å². The van der Waals surface area contributed by atoms with E-state index in [4.69, 9.17) is 16.3 Å². The zero-order chi connectivity index (χ0) is 17.8. The second kappa shape index (κ2) is 7.76. The fourth-order valence-electron chi connectivity index (χ4n) is 2.66. The highest BCUT2D eigenvalue weighted by atomic mass is 35.5. The van der Waals surface area contributed by atoms with E-state index in [0.717, 1.165) is 10.6 Å². The van der Waals surface area contributed by atoms with Gasteiger partial charge < -0.3 is 14.2 Å². The van der Waals surface area contributed by atoms with Crippen molar-refractivity contribution in [2.45, 2.75) is 13.1 Å². The van der Waals surface area contributed by atoms with Gasteiger partial charge in [0.05, 0.1) is 25.8 Å². The quantitative estimate of drug-likeness (QED) is 0.632. The molecule has 0 bridgehead atoms. The van der Waals surface area contributed by atoms with Gasteiger partial charge in [-0.05, 0) is 41.8 Å². The van der Waals surface area contributed by atoms with Crippen molar-refractivity contribution in [3.63, 3.8) is 0 Å². The summed E-state index contributed by atoms with van der Waals surface area (Å²) in [6.45, 7) is 1.05. The van der Waals surface area contributed by atoms with E-state index in [1.54, 1.807) is 36.6 Å². The summed E-state index contributed by atoms with van der Waals surface area (Å²) in [4.78, 5) is 16.2. The maximum atomic E-state index is 13.2. The van der Waals surface area contributed by atoms with E-state index in [2.05, 4.69) is 0 Å². The minimum absolute atomic E-state index is 0.103. The van der Waals surface area contributed by atoms with Crippen LogP contribution in [-0.2, 0) is 20.1 Å². The van der Waals surface area contributed by atoms with E-state index in [-0.39, 0.29) is 5.91 Å². The van der Waals surface area contributed by atoms with E-state index in [1.807, 2.05) is 52.4 Å². The first-order chi connectivity index (χ1) is 12.1. The molecule has 0 fully saturated rings. The molecule has 2 aromatic heterocycles. The Hall–Kier alpha value is -2.24. The number of aryl methyl sites for hydroxylation is 1. The average molecular weight is 375 g/mol. The van der Waals surface area contributed by atoms with Crippen LogP contribution in [0.2, 0.25) is 5.02 Å². The average Bonchev–Trinajstić information content (AvgIpc) is 3.26. The first kappa shape index (κ1) is 17.6. The van der Waals surface area contributed by atoms with Crippen LogP contribution in [0.5, 0.6) is 5.75 Å². The highest BCUT2D eigenvalue weighted by molar-refractivity contribution is 7.09. The summed E-state index contributed by atoms with van der Waals surface area (Å²) in [5.41, 5.74) is 1.53. The Morgan fingerprint density at radius 2 is 2.08 bits per heavy atom. The molecule has 25 heavy (non-hydrogen) atoms. The zero-order valence-corrected chi connectivity index (χ0v) is 15.7. The SMILES string of the molecule is COc1ccc(Cl)cc1C(=O)N(Cc1cccs1)Cc1cccn1C. The van der Waals surface area contributed by atoms with E-state index in [9.17, 15) is 4.79 Å². The van der Waals surface area contributed by atoms with Crippen molar-refractivity contribution in [3.8, 4) is 5.75 Å². The topological polar surface area (TPSA) is 34.5 Å². The molecule has 0 saturated heterocycles. The van der Waals surface area contributed by atoms with Gasteiger partial charge in [0.25, 0.3) is 5.91 Å². The van der Waals surface area contributed by atoms with Crippen LogP contribution >= 0.6 is 22.9 Å². The maximum Gasteiger partial charge on any atom is 0.258 e. The van der Waals surface area contributed by atoms with Crippen LogP contribution in [0, 0.1) is 0 Å². The van der Waals surface area contributed by atoms with Crippen LogP contribution in [0.25, 0.3) is 0 Å². The molecular formula is C19H19ClN2O2S. The van der Waals surface area contributed by atoms with Crippen LogP contribution < -0.4 is 4.74 Å². The molecule has 130 valence electrons. The first-order valence-corrected chi connectivity index (χ1v) is 9.09. The number of hydrogen-bond acceptors (Lipinski definition) is 3. The number of methoxy groups -OCH3 is 1. The van der Waals surface area contributed by atoms with Gasteiger partial charge in [-0.2, -0.15) is 0 Å². The van der Waals surface area contributed by atoms with Gasteiger partial charge in [-0.1, -0.05) is 17.7 Å². The largest absolute Gasteiger partial charge is 0.496 e. The summed E-state index contributed by atoms with van der Waals surface area (Å²) in [6, 6.07) is 13.1. The van der Waals surface area contributed by atoms with Crippen molar-refractivity contribution in [1.82, 2.24) is 9.47 Å². The molecule has 0 unspecified atom stereocenters. The van der Waals surface area contributed by atoms with E-state index < -0.39 is 0 Å². The molecule has 0 aliphatic carbocycles. The molecule has 6 heteroatoms. The Balaban J connectivity index is 1.94. The monoisotopic (exact) mass is 374 g/mol. The zero-order valence-electron chi connectivity index (χ0n) is 14.1. The molecule has 0 spiro atoms. The normalized spacial score (nSPS) is 10.7. The second-order valence-corrected chi connectivity index (χ2v) is 7.16. The van der Waals surface area contributed by atoms with Crippen LogP contribution in [0.3, 0.4) is 0 Å². The second-order valence-electron chi connectivity index (χ2n) is 5.70. The molecule has 1 amide bonds. The third kappa shape index (κ3) is 4.06. The standard InChI is InChI=1S/C19H19ClN2O2S/c1-21-9-3-5-15(21)12-22(13-16-6-4-10-25-16)19(23)17-11-14(20)7-8-18(17)24-2/h3-11H,12-13H2,1-2H3. The molecule has 2 heterocycles. The molecule has 0 atom stereocenters. The number of hydrogen-bond donors (Lipinski definition) is 0. The van der Waals surface area contributed by atoms with Crippen molar-refractivity contribution in [2.75, 3.05) is 7.11 Å². The molecule has 3 aromatic rings. The van der Waals surface area contributed by atoms with Crippen molar-refractivity contribution in [1.29, 1.82) is 0 Å². The van der Waals surface area contributed by atoms with Crippen LogP contribution in [-0.4, -0.2) is 22.5 Å². The lowest BCUT2D eigenvalue weighted by molar-refractivity contribution is 0.0725. The molecule has 3 rings (SSSR count). The number of ether oxygens (including phenoxy) is 1. The Morgan fingerprint density at radius 3 is 2.72 bits per heavy atom. The third-order valence-corrected chi connectivity index (χ3v) is 5.11. The lowest BCUT2D eigenvalue weighted by Crippen LogP contribution is -2.31. The smallest absolute Gasteiger partial charge is 0.258 e. The number of carbonyl (C=O) groups excluding carboxylic acids is 1. The van der Waals surface area contributed by atoms with Crippen LogP contribution in [0.1, 0.15) is 20.9 Å². The highest BCUT2D eigenvalue weighted by Gasteiger charge is 2.22. The Bertz CT molecular complexity index is 858. The lowest BCUT2D eigenvalue weighted by atomic mass is 10.1. The Kier molecular flexibility index (Phi) is 5.46. The van der Waals surface area contributed by atoms with Gasteiger partial charge in [0.15, 0.2) is 0 Å². The van der Waals surface area contributed by atoms with Gasteiger partial charge in [0.1, 0.15) is 5.75 Å².